The third kappa shape index (κ3) is 8.17. The van der Waals surface area contributed by atoms with Gasteiger partial charge in [-0.15, -0.1) is 0 Å². The van der Waals surface area contributed by atoms with Crippen LogP contribution >= 0.6 is 0 Å². The summed E-state index contributed by atoms with van der Waals surface area (Å²) in [4.78, 5) is 0. The molecule has 1 fully saturated rings. The van der Waals surface area contributed by atoms with Crippen molar-refractivity contribution in [2.75, 3.05) is 40.1 Å². The van der Waals surface area contributed by atoms with E-state index in [0.29, 0.717) is 38.6 Å². The smallest absolute Gasteiger partial charge is 0.101 e. The second-order valence-corrected chi connectivity index (χ2v) is 5.48. The molecule has 0 bridgehead atoms. The first-order chi connectivity index (χ1) is 9.76. The molecular formula is C15H31NO4. The summed E-state index contributed by atoms with van der Waals surface area (Å²) in [7, 11) is 1.63. The molecule has 5 heteroatoms. The maximum atomic E-state index is 9.74. The third-order valence-corrected chi connectivity index (χ3v) is 3.62. The lowest BCUT2D eigenvalue weighted by molar-refractivity contribution is -0.0589. The van der Waals surface area contributed by atoms with Crippen molar-refractivity contribution in [3.63, 3.8) is 0 Å². The van der Waals surface area contributed by atoms with Crippen LogP contribution in [0.25, 0.3) is 0 Å². The van der Waals surface area contributed by atoms with E-state index in [1.165, 1.54) is 19.3 Å². The highest BCUT2D eigenvalue weighted by atomic mass is 16.5. The summed E-state index contributed by atoms with van der Waals surface area (Å²) in [6.07, 6.45) is 5.45. The van der Waals surface area contributed by atoms with Gasteiger partial charge in [-0.2, -0.15) is 0 Å². The van der Waals surface area contributed by atoms with Crippen LogP contribution in [0.5, 0.6) is 0 Å². The second-order valence-electron chi connectivity index (χ2n) is 5.48. The van der Waals surface area contributed by atoms with E-state index in [4.69, 9.17) is 14.2 Å². The zero-order valence-electron chi connectivity index (χ0n) is 13.0. The molecule has 1 saturated carbocycles. The predicted molar refractivity (Wildman–Crippen MR) is 79.0 cm³/mol. The molecular weight excluding hydrogens is 258 g/mol. The molecule has 120 valence electrons. The van der Waals surface area contributed by atoms with E-state index < -0.39 is 6.10 Å². The number of nitrogens with one attached hydrogen (secondary N) is 1. The summed E-state index contributed by atoms with van der Waals surface area (Å²) in [5, 5.41) is 13.3. The molecule has 1 unspecified atom stereocenters. The minimum absolute atomic E-state index is 0.295. The maximum absolute atomic E-state index is 9.74. The fourth-order valence-corrected chi connectivity index (χ4v) is 2.44. The molecule has 1 aliphatic carbocycles. The molecule has 0 radical (unpaired) electrons. The molecule has 1 atom stereocenters. The Balaban J connectivity index is 2.00. The van der Waals surface area contributed by atoms with Crippen LogP contribution in [0.4, 0.5) is 0 Å². The summed E-state index contributed by atoms with van der Waals surface area (Å²) < 4.78 is 15.9. The predicted octanol–water partition coefficient (Wildman–Crippen LogP) is 1.34. The SMILES string of the molecule is CCCNC1CCC(OCC(O)COCCOC)CC1. The van der Waals surface area contributed by atoms with Crippen LogP contribution in [0.2, 0.25) is 0 Å². The van der Waals surface area contributed by atoms with Gasteiger partial charge in [0.1, 0.15) is 6.10 Å². The molecule has 0 heterocycles. The summed E-state index contributed by atoms with van der Waals surface area (Å²) in [5.41, 5.74) is 0. The number of rotatable bonds is 11. The molecule has 0 saturated heterocycles. The molecule has 20 heavy (non-hydrogen) atoms. The Morgan fingerprint density at radius 1 is 1.15 bits per heavy atom. The maximum Gasteiger partial charge on any atom is 0.101 e. The monoisotopic (exact) mass is 289 g/mol. The molecule has 1 rings (SSSR count). The van der Waals surface area contributed by atoms with Crippen molar-refractivity contribution >= 4 is 0 Å². The summed E-state index contributed by atoms with van der Waals surface area (Å²) >= 11 is 0. The van der Waals surface area contributed by atoms with Crippen LogP contribution in [0.1, 0.15) is 39.0 Å². The van der Waals surface area contributed by atoms with Gasteiger partial charge in [-0.1, -0.05) is 6.92 Å². The van der Waals surface area contributed by atoms with Gasteiger partial charge in [0.15, 0.2) is 0 Å². The molecule has 0 aliphatic heterocycles. The van der Waals surface area contributed by atoms with Gasteiger partial charge in [0, 0.05) is 13.2 Å². The minimum atomic E-state index is -0.539. The molecule has 0 aromatic heterocycles. The van der Waals surface area contributed by atoms with Crippen molar-refractivity contribution in [1.82, 2.24) is 5.32 Å². The van der Waals surface area contributed by atoms with Gasteiger partial charge in [-0.05, 0) is 38.6 Å². The van der Waals surface area contributed by atoms with Crippen LogP contribution in [0.3, 0.4) is 0 Å². The highest BCUT2D eigenvalue weighted by Crippen LogP contribution is 2.21. The number of ether oxygens (including phenoxy) is 3. The van der Waals surface area contributed by atoms with Crippen LogP contribution in [-0.4, -0.2) is 63.4 Å². The standard InChI is InChI=1S/C15H31NO4/c1-3-8-16-13-4-6-15(7-5-13)20-12-14(17)11-19-10-9-18-2/h13-17H,3-12H2,1-2H3. The van der Waals surface area contributed by atoms with Gasteiger partial charge in [0.05, 0.1) is 32.5 Å². The molecule has 1 aliphatic rings. The first kappa shape index (κ1) is 17.9. The summed E-state index contributed by atoms with van der Waals surface area (Å²) in [6, 6.07) is 0.650. The summed E-state index contributed by atoms with van der Waals surface area (Å²) in [6.45, 7) is 5.05. The quantitative estimate of drug-likeness (QED) is 0.562. The third-order valence-electron chi connectivity index (χ3n) is 3.62. The van der Waals surface area contributed by atoms with Crippen LogP contribution in [0, 0.1) is 0 Å². The van der Waals surface area contributed by atoms with Crippen LogP contribution in [-0.2, 0) is 14.2 Å². The Morgan fingerprint density at radius 3 is 2.55 bits per heavy atom. The van der Waals surface area contributed by atoms with E-state index in [1.54, 1.807) is 7.11 Å². The molecule has 0 amide bonds. The first-order valence-corrected chi connectivity index (χ1v) is 7.86. The van der Waals surface area contributed by atoms with E-state index in [9.17, 15) is 5.11 Å². The van der Waals surface area contributed by atoms with Gasteiger partial charge in [-0.3, -0.25) is 0 Å². The molecule has 0 aromatic rings. The number of aliphatic hydroxyl groups excluding tert-OH is 1. The van der Waals surface area contributed by atoms with E-state index in [2.05, 4.69) is 12.2 Å². The largest absolute Gasteiger partial charge is 0.388 e. The number of methoxy groups -OCH3 is 1. The molecule has 2 N–H and O–H groups in total. The van der Waals surface area contributed by atoms with E-state index in [-0.39, 0.29) is 0 Å². The lowest BCUT2D eigenvalue weighted by atomic mass is 9.93. The van der Waals surface area contributed by atoms with Crippen LogP contribution in [0.15, 0.2) is 0 Å². The van der Waals surface area contributed by atoms with E-state index >= 15 is 0 Å². The van der Waals surface area contributed by atoms with Gasteiger partial charge in [0.2, 0.25) is 0 Å². The Hall–Kier alpha value is -0.200. The Kier molecular flexibility index (Phi) is 10.2. The number of hydrogen-bond acceptors (Lipinski definition) is 5. The molecule has 5 nitrogen and oxygen atoms in total. The van der Waals surface area contributed by atoms with E-state index in [0.717, 1.165) is 19.4 Å². The topological polar surface area (TPSA) is 60.0 Å². The average molecular weight is 289 g/mol. The zero-order chi connectivity index (χ0) is 14.6. The van der Waals surface area contributed by atoms with Crippen molar-refractivity contribution in [1.29, 1.82) is 0 Å². The highest BCUT2D eigenvalue weighted by molar-refractivity contribution is 4.77. The zero-order valence-corrected chi connectivity index (χ0v) is 13.0. The van der Waals surface area contributed by atoms with E-state index in [1.807, 2.05) is 0 Å². The number of aliphatic hydroxyl groups is 1. The molecule has 0 aromatic carbocycles. The van der Waals surface area contributed by atoms with Gasteiger partial charge in [-0.25, -0.2) is 0 Å². The normalized spacial score (nSPS) is 24.8. The van der Waals surface area contributed by atoms with Gasteiger partial charge < -0.3 is 24.6 Å². The fraction of sp³-hybridized carbons (Fsp3) is 1.00. The van der Waals surface area contributed by atoms with Gasteiger partial charge in [0.25, 0.3) is 0 Å². The highest BCUT2D eigenvalue weighted by Gasteiger charge is 2.21. The minimum Gasteiger partial charge on any atom is -0.388 e. The summed E-state index contributed by atoms with van der Waals surface area (Å²) in [5.74, 6) is 0. The molecule has 0 spiro atoms. The van der Waals surface area contributed by atoms with Crippen molar-refractivity contribution in [2.24, 2.45) is 0 Å². The van der Waals surface area contributed by atoms with Crippen molar-refractivity contribution in [3.05, 3.63) is 0 Å². The lowest BCUT2D eigenvalue weighted by Gasteiger charge is -2.29. The van der Waals surface area contributed by atoms with Gasteiger partial charge >= 0.3 is 0 Å². The Morgan fingerprint density at radius 2 is 1.90 bits per heavy atom. The average Bonchev–Trinajstić information content (AvgIpc) is 2.48. The van der Waals surface area contributed by atoms with Crippen LogP contribution < -0.4 is 5.32 Å². The van der Waals surface area contributed by atoms with Crippen molar-refractivity contribution < 1.29 is 19.3 Å². The fourth-order valence-electron chi connectivity index (χ4n) is 2.44. The number of hydrogen-bond donors (Lipinski definition) is 2. The van der Waals surface area contributed by atoms with Crippen molar-refractivity contribution in [3.8, 4) is 0 Å². The first-order valence-electron chi connectivity index (χ1n) is 7.86. The Bertz CT molecular complexity index is 220. The lowest BCUT2D eigenvalue weighted by Crippen LogP contribution is -2.36. The second kappa shape index (κ2) is 11.5. The Labute approximate surface area is 123 Å². The van der Waals surface area contributed by atoms with Crippen molar-refractivity contribution in [2.45, 2.75) is 57.3 Å².